The van der Waals surface area contributed by atoms with Crippen molar-refractivity contribution in [3.63, 3.8) is 0 Å². The Bertz CT molecular complexity index is 1100. The number of hydrogen-bond donors (Lipinski definition) is 2. The molecule has 0 amide bonds. The van der Waals surface area contributed by atoms with Gasteiger partial charge in [-0.3, -0.25) is 4.72 Å². The zero-order chi connectivity index (χ0) is 20.3. The quantitative estimate of drug-likeness (QED) is 0.542. The molecule has 1 heterocycles. The molecule has 0 radical (unpaired) electrons. The first-order chi connectivity index (χ1) is 13.3. The van der Waals surface area contributed by atoms with Crippen molar-refractivity contribution in [1.29, 1.82) is 0 Å². The molecule has 0 spiro atoms. The van der Waals surface area contributed by atoms with E-state index >= 15 is 0 Å². The van der Waals surface area contributed by atoms with Gasteiger partial charge in [-0.15, -0.1) is 0 Å². The zero-order valence-corrected chi connectivity index (χ0v) is 16.9. The van der Waals surface area contributed by atoms with Crippen molar-refractivity contribution in [3.8, 4) is 15.5 Å². The molecule has 1 aromatic heterocycles. The van der Waals surface area contributed by atoms with Crippen LogP contribution in [0.3, 0.4) is 0 Å². The van der Waals surface area contributed by atoms with E-state index in [0.29, 0.717) is 10.4 Å². The van der Waals surface area contributed by atoms with Crippen LogP contribution in [0, 0.1) is 6.92 Å². The van der Waals surface area contributed by atoms with Crippen LogP contribution in [-0.2, 0) is 16.4 Å². The molecule has 0 aliphatic carbocycles. The Balaban J connectivity index is 2.00. The van der Waals surface area contributed by atoms with Gasteiger partial charge in [-0.25, -0.2) is 13.2 Å². The summed E-state index contributed by atoms with van der Waals surface area (Å²) in [7, 11) is -3.90. The predicted molar refractivity (Wildman–Crippen MR) is 110 cm³/mol. The molecule has 0 aliphatic rings. The highest BCUT2D eigenvalue weighted by atomic mass is 32.2. The van der Waals surface area contributed by atoms with E-state index in [1.54, 1.807) is 31.2 Å². The van der Waals surface area contributed by atoms with Gasteiger partial charge in [-0.1, -0.05) is 60.7 Å². The van der Waals surface area contributed by atoms with E-state index < -0.39 is 16.2 Å². The second-order valence-corrected chi connectivity index (χ2v) is 8.77. The van der Waals surface area contributed by atoms with Crippen LogP contribution in [0.2, 0.25) is 0 Å². The lowest BCUT2D eigenvalue weighted by molar-refractivity contribution is 0.146. The van der Waals surface area contributed by atoms with Gasteiger partial charge in [0.2, 0.25) is 5.06 Å². The maximum Gasteiger partial charge on any atom is 0.512 e. The molecule has 0 aliphatic heterocycles. The summed E-state index contributed by atoms with van der Waals surface area (Å²) in [6.45, 7) is 3.75. The molecule has 3 aromatic rings. The lowest BCUT2D eigenvalue weighted by Crippen LogP contribution is -2.15. The average molecular weight is 418 g/mol. The number of thiophene rings is 1. The molecule has 6 nitrogen and oxygen atoms in total. The van der Waals surface area contributed by atoms with Crippen molar-refractivity contribution in [3.05, 3.63) is 65.7 Å². The lowest BCUT2D eigenvalue weighted by atomic mass is 10.1. The van der Waals surface area contributed by atoms with Gasteiger partial charge in [0.05, 0.1) is 4.90 Å². The third-order valence-corrected chi connectivity index (χ3v) is 6.74. The van der Waals surface area contributed by atoms with Gasteiger partial charge >= 0.3 is 6.16 Å². The molecular formula is C20H19NO5S2. The van der Waals surface area contributed by atoms with E-state index in [-0.39, 0.29) is 15.6 Å². The fraction of sp³-hybridized carbons (Fsp3) is 0.150. The summed E-state index contributed by atoms with van der Waals surface area (Å²) < 4.78 is 32.8. The third kappa shape index (κ3) is 4.35. The van der Waals surface area contributed by atoms with Crippen LogP contribution in [0.5, 0.6) is 5.06 Å². The first kappa shape index (κ1) is 19.9. The lowest BCUT2D eigenvalue weighted by Gasteiger charge is -2.10. The summed E-state index contributed by atoms with van der Waals surface area (Å²) in [6, 6.07) is 15.9. The molecule has 2 aromatic carbocycles. The number of rotatable bonds is 6. The maximum atomic E-state index is 12.8. The molecule has 0 saturated carbocycles. The fourth-order valence-electron chi connectivity index (χ4n) is 2.71. The van der Waals surface area contributed by atoms with Crippen LogP contribution >= 0.6 is 11.3 Å². The van der Waals surface area contributed by atoms with Gasteiger partial charge in [0, 0.05) is 4.88 Å². The number of ether oxygens (including phenoxy) is 1. The van der Waals surface area contributed by atoms with E-state index in [0.717, 1.165) is 23.3 Å². The minimum Gasteiger partial charge on any atom is -0.449 e. The fourth-order valence-corrected chi connectivity index (χ4v) is 5.03. The standard InChI is InChI=1S/C20H19NO5S2/c1-3-14-8-10-15(11-9-14)17-12-16(19(27-17)26-20(22)23)21-28(24,25)18-7-5-4-6-13(18)2/h4-12,21H,3H2,1-2H3,(H,22,23). The molecule has 0 fully saturated rings. The highest BCUT2D eigenvalue weighted by Gasteiger charge is 2.22. The number of hydrogen-bond acceptors (Lipinski definition) is 5. The largest absolute Gasteiger partial charge is 0.512 e. The number of carboxylic acid groups (broad SMARTS) is 1. The van der Waals surface area contributed by atoms with E-state index in [4.69, 9.17) is 9.84 Å². The summed E-state index contributed by atoms with van der Waals surface area (Å²) in [5, 5.41) is 8.98. The molecule has 28 heavy (non-hydrogen) atoms. The van der Waals surface area contributed by atoms with E-state index in [1.807, 2.05) is 24.3 Å². The van der Waals surface area contributed by atoms with Crippen LogP contribution in [0.1, 0.15) is 18.1 Å². The second-order valence-electron chi connectivity index (χ2n) is 6.10. The number of nitrogens with one attached hydrogen (secondary N) is 1. The summed E-state index contributed by atoms with van der Waals surface area (Å²) >= 11 is 1.06. The predicted octanol–water partition coefficient (Wildman–Crippen LogP) is 5.14. The second kappa shape index (κ2) is 8.04. The van der Waals surface area contributed by atoms with Gasteiger partial charge in [0.25, 0.3) is 10.0 Å². The van der Waals surface area contributed by atoms with Crippen molar-refractivity contribution in [2.45, 2.75) is 25.2 Å². The van der Waals surface area contributed by atoms with Crippen LogP contribution in [0.25, 0.3) is 10.4 Å². The molecule has 0 atom stereocenters. The molecule has 0 saturated heterocycles. The van der Waals surface area contributed by atoms with Crippen LogP contribution in [0.4, 0.5) is 10.5 Å². The first-order valence-electron chi connectivity index (χ1n) is 8.52. The smallest absolute Gasteiger partial charge is 0.449 e. The average Bonchev–Trinajstić information content (AvgIpc) is 3.03. The van der Waals surface area contributed by atoms with Gasteiger partial charge in [0.1, 0.15) is 5.69 Å². The minimum absolute atomic E-state index is 0.0285. The number of benzene rings is 2. The summed E-state index contributed by atoms with van der Waals surface area (Å²) in [5.74, 6) is 0. The van der Waals surface area contributed by atoms with Crippen molar-refractivity contribution >= 4 is 33.2 Å². The Labute approximate surface area is 167 Å². The molecule has 2 N–H and O–H groups in total. The number of carbonyl (C=O) groups is 1. The van der Waals surface area contributed by atoms with Crippen molar-refractivity contribution < 1.29 is 23.1 Å². The van der Waals surface area contributed by atoms with E-state index in [2.05, 4.69) is 11.6 Å². The van der Waals surface area contributed by atoms with E-state index in [9.17, 15) is 13.2 Å². The Morgan fingerprint density at radius 3 is 2.43 bits per heavy atom. The highest BCUT2D eigenvalue weighted by molar-refractivity contribution is 7.92. The van der Waals surface area contributed by atoms with Crippen LogP contribution < -0.4 is 9.46 Å². The van der Waals surface area contributed by atoms with Gasteiger partial charge in [0.15, 0.2) is 0 Å². The van der Waals surface area contributed by atoms with Crippen LogP contribution in [-0.4, -0.2) is 19.7 Å². The van der Waals surface area contributed by atoms with E-state index in [1.165, 1.54) is 11.6 Å². The SMILES string of the molecule is CCc1ccc(-c2cc(NS(=O)(=O)c3ccccc3C)c(OC(=O)O)s2)cc1. The number of sulfonamides is 1. The maximum absolute atomic E-state index is 12.8. The Morgan fingerprint density at radius 1 is 1.14 bits per heavy atom. The number of aryl methyl sites for hydroxylation is 2. The Kier molecular flexibility index (Phi) is 5.71. The summed E-state index contributed by atoms with van der Waals surface area (Å²) in [5.41, 5.74) is 2.69. The third-order valence-electron chi connectivity index (χ3n) is 4.15. The molecular weight excluding hydrogens is 398 g/mol. The summed E-state index contributed by atoms with van der Waals surface area (Å²) in [4.78, 5) is 11.9. The highest BCUT2D eigenvalue weighted by Crippen LogP contribution is 2.42. The monoisotopic (exact) mass is 417 g/mol. The van der Waals surface area contributed by atoms with Gasteiger partial charge in [-0.2, -0.15) is 0 Å². The molecule has 0 bridgehead atoms. The molecule has 3 rings (SSSR count). The topological polar surface area (TPSA) is 92.7 Å². The van der Waals surface area contributed by atoms with Crippen molar-refractivity contribution in [1.82, 2.24) is 0 Å². The Hall–Kier alpha value is -2.84. The minimum atomic E-state index is -3.90. The molecule has 146 valence electrons. The Morgan fingerprint density at radius 2 is 1.82 bits per heavy atom. The number of anilines is 1. The zero-order valence-electron chi connectivity index (χ0n) is 15.3. The first-order valence-corrected chi connectivity index (χ1v) is 10.8. The van der Waals surface area contributed by atoms with Crippen LogP contribution in [0.15, 0.2) is 59.5 Å². The molecule has 0 unspecified atom stereocenters. The van der Waals surface area contributed by atoms with Crippen molar-refractivity contribution in [2.75, 3.05) is 4.72 Å². The van der Waals surface area contributed by atoms with Crippen molar-refractivity contribution in [2.24, 2.45) is 0 Å². The van der Waals surface area contributed by atoms with Gasteiger partial charge in [-0.05, 0) is 42.2 Å². The van der Waals surface area contributed by atoms with Gasteiger partial charge < -0.3 is 9.84 Å². The normalized spacial score (nSPS) is 11.2. The summed E-state index contributed by atoms with van der Waals surface area (Å²) in [6.07, 6.45) is -0.606. The molecule has 8 heteroatoms.